The average molecular weight is 276 g/mol. The molecule has 1 aromatic rings. The van der Waals surface area contributed by atoms with Gasteiger partial charge >= 0.3 is 0 Å². The summed E-state index contributed by atoms with van der Waals surface area (Å²) in [7, 11) is 2.10. The number of ether oxygens (including phenoxy) is 1. The van der Waals surface area contributed by atoms with Crippen molar-refractivity contribution in [3.05, 3.63) is 18.1 Å². The molecule has 2 fully saturated rings. The van der Waals surface area contributed by atoms with Gasteiger partial charge in [0.1, 0.15) is 5.82 Å². The Kier molecular flexibility index (Phi) is 4.47. The molecule has 2 heterocycles. The van der Waals surface area contributed by atoms with Crippen LogP contribution in [0.3, 0.4) is 0 Å². The van der Waals surface area contributed by atoms with E-state index in [2.05, 4.69) is 27.2 Å². The van der Waals surface area contributed by atoms with Crippen LogP contribution in [0.4, 0.5) is 5.82 Å². The molecule has 5 nitrogen and oxygen atoms in total. The molecule has 20 heavy (non-hydrogen) atoms. The Hall–Kier alpha value is -1.20. The topological polar surface area (TPSA) is 50.3 Å². The normalized spacial score (nSPS) is 20.1. The molecular formula is C15H24N4O. The van der Waals surface area contributed by atoms with Crippen LogP contribution in [-0.2, 0) is 11.3 Å². The molecule has 1 N–H and O–H groups in total. The Morgan fingerprint density at radius 1 is 1.20 bits per heavy atom. The monoisotopic (exact) mass is 276 g/mol. The summed E-state index contributed by atoms with van der Waals surface area (Å²) in [4.78, 5) is 11.2. The van der Waals surface area contributed by atoms with Crippen LogP contribution in [0.2, 0.25) is 0 Å². The fourth-order valence-electron chi connectivity index (χ4n) is 2.58. The SMILES string of the molecule is CN(CC1CCOCC1)c1cnc(CNC2CC2)cn1. The Bertz CT molecular complexity index is 412. The maximum atomic E-state index is 5.40. The lowest BCUT2D eigenvalue weighted by molar-refractivity contribution is 0.0685. The van der Waals surface area contributed by atoms with E-state index in [1.54, 1.807) is 0 Å². The van der Waals surface area contributed by atoms with Crippen LogP contribution in [0.25, 0.3) is 0 Å². The van der Waals surface area contributed by atoms with E-state index in [1.807, 2.05) is 12.4 Å². The minimum atomic E-state index is 0.715. The Labute approximate surface area is 120 Å². The molecule has 0 aromatic carbocycles. The number of hydrogen-bond acceptors (Lipinski definition) is 5. The first-order chi connectivity index (χ1) is 9.81. The smallest absolute Gasteiger partial charge is 0.146 e. The highest BCUT2D eigenvalue weighted by Crippen LogP contribution is 2.20. The molecule has 0 radical (unpaired) electrons. The maximum Gasteiger partial charge on any atom is 0.146 e. The molecule has 0 atom stereocenters. The molecule has 1 aromatic heterocycles. The van der Waals surface area contributed by atoms with Crippen LogP contribution < -0.4 is 10.2 Å². The number of hydrogen-bond donors (Lipinski definition) is 1. The lowest BCUT2D eigenvalue weighted by atomic mass is 10.00. The molecule has 110 valence electrons. The third-order valence-electron chi connectivity index (χ3n) is 4.10. The molecule has 3 rings (SSSR count). The van der Waals surface area contributed by atoms with Gasteiger partial charge in [-0.05, 0) is 31.6 Å². The number of nitrogens with one attached hydrogen (secondary N) is 1. The van der Waals surface area contributed by atoms with E-state index < -0.39 is 0 Å². The minimum Gasteiger partial charge on any atom is -0.381 e. The van der Waals surface area contributed by atoms with Gasteiger partial charge in [-0.3, -0.25) is 4.98 Å². The van der Waals surface area contributed by atoms with Gasteiger partial charge in [0.15, 0.2) is 0 Å². The van der Waals surface area contributed by atoms with Crippen LogP contribution in [0, 0.1) is 5.92 Å². The first-order valence-electron chi connectivity index (χ1n) is 7.64. The van der Waals surface area contributed by atoms with Gasteiger partial charge in [0, 0.05) is 39.4 Å². The number of anilines is 1. The van der Waals surface area contributed by atoms with Crippen molar-refractivity contribution in [2.75, 3.05) is 31.7 Å². The zero-order valence-corrected chi connectivity index (χ0v) is 12.2. The summed E-state index contributed by atoms with van der Waals surface area (Å²) in [5, 5.41) is 3.46. The molecule has 1 saturated carbocycles. The highest BCUT2D eigenvalue weighted by atomic mass is 16.5. The zero-order chi connectivity index (χ0) is 13.8. The van der Waals surface area contributed by atoms with E-state index >= 15 is 0 Å². The summed E-state index contributed by atoms with van der Waals surface area (Å²) in [6.07, 6.45) is 8.70. The Morgan fingerprint density at radius 3 is 2.65 bits per heavy atom. The van der Waals surface area contributed by atoms with Gasteiger partial charge in [-0.15, -0.1) is 0 Å². The first-order valence-corrected chi connectivity index (χ1v) is 7.64. The van der Waals surface area contributed by atoms with Crippen molar-refractivity contribution < 1.29 is 4.74 Å². The van der Waals surface area contributed by atoms with Gasteiger partial charge in [0.25, 0.3) is 0 Å². The summed E-state index contributed by atoms with van der Waals surface area (Å²) in [6.45, 7) is 3.67. The molecular weight excluding hydrogens is 252 g/mol. The van der Waals surface area contributed by atoms with Crippen molar-refractivity contribution >= 4 is 5.82 Å². The van der Waals surface area contributed by atoms with Gasteiger partial charge in [-0.2, -0.15) is 0 Å². The molecule has 0 amide bonds. The Morgan fingerprint density at radius 2 is 2.00 bits per heavy atom. The van der Waals surface area contributed by atoms with Gasteiger partial charge in [-0.1, -0.05) is 0 Å². The van der Waals surface area contributed by atoms with Gasteiger partial charge in [-0.25, -0.2) is 4.98 Å². The second kappa shape index (κ2) is 6.50. The number of aromatic nitrogens is 2. The predicted molar refractivity (Wildman–Crippen MR) is 78.7 cm³/mol. The molecule has 1 saturated heterocycles. The van der Waals surface area contributed by atoms with Crippen LogP contribution in [-0.4, -0.2) is 42.8 Å². The summed E-state index contributed by atoms with van der Waals surface area (Å²) in [5.74, 6) is 1.68. The third-order valence-corrected chi connectivity index (χ3v) is 4.10. The molecule has 5 heteroatoms. The fraction of sp³-hybridized carbons (Fsp3) is 0.733. The van der Waals surface area contributed by atoms with Crippen molar-refractivity contribution in [1.82, 2.24) is 15.3 Å². The van der Waals surface area contributed by atoms with E-state index in [0.29, 0.717) is 12.0 Å². The van der Waals surface area contributed by atoms with E-state index in [-0.39, 0.29) is 0 Å². The zero-order valence-electron chi connectivity index (χ0n) is 12.2. The van der Waals surface area contributed by atoms with Crippen molar-refractivity contribution in [2.45, 2.75) is 38.3 Å². The fourth-order valence-corrected chi connectivity index (χ4v) is 2.58. The lowest BCUT2D eigenvalue weighted by Crippen LogP contribution is -2.30. The second-order valence-electron chi connectivity index (χ2n) is 5.96. The van der Waals surface area contributed by atoms with Crippen molar-refractivity contribution in [1.29, 1.82) is 0 Å². The van der Waals surface area contributed by atoms with E-state index in [1.165, 1.54) is 12.8 Å². The lowest BCUT2D eigenvalue weighted by Gasteiger charge is -2.27. The molecule has 1 aliphatic heterocycles. The van der Waals surface area contributed by atoms with Gasteiger partial charge in [0.2, 0.25) is 0 Å². The van der Waals surface area contributed by atoms with Crippen molar-refractivity contribution in [3.63, 3.8) is 0 Å². The van der Waals surface area contributed by atoms with Crippen molar-refractivity contribution in [2.24, 2.45) is 5.92 Å². The van der Waals surface area contributed by atoms with Crippen LogP contribution >= 0.6 is 0 Å². The number of rotatable bonds is 6. The van der Waals surface area contributed by atoms with E-state index in [0.717, 1.165) is 50.7 Å². The van der Waals surface area contributed by atoms with Crippen molar-refractivity contribution in [3.8, 4) is 0 Å². The van der Waals surface area contributed by atoms with Crippen LogP contribution in [0.1, 0.15) is 31.4 Å². The molecule has 0 bridgehead atoms. The quantitative estimate of drug-likeness (QED) is 0.855. The highest BCUT2D eigenvalue weighted by molar-refractivity contribution is 5.34. The highest BCUT2D eigenvalue weighted by Gasteiger charge is 2.20. The Balaban J connectivity index is 1.49. The van der Waals surface area contributed by atoms with E-state index in [4.69, 9.17) is 4.74 Å². The molecule has 2 aliphatic rings. The first kappa shape index (κ1) is 13.8. The average Bonchev–Trinajstić information content (AvgIpc) is 3.31. The third kappa shape index (κ3) is 3.90. The molecule has 1 aliphatic carbocycles. The van der Waals surface area contributed by atoms with E-state index in [9.17, 15) is 0 Å². The summed E-state index contributed by atoms with van der Waals surface area (Å²) in [6, 6.07) is 0.715. The van der Waals surface area contributed by atoms with Gasteiger partial charge < -0.3 is 15.0 Å². The van der Waals surface area contributed by atoms with Gasteiger partial charge in [0.05, 0.1) is 18.1 Å². The summed E-state index contributed by atoms with van der Waals surface area (Å²) < 4.78 is 5.40. The predicted octanol–water partition coefficient (Wildman–Crippen LogP) is 1.59. The molecule has 0 unspecified atom stereocenters. The summed E-state index contributed by atoms with van der Waals surface area (Å²) >= 11 is 0. The minimum absolute atomic E-state index is 0.715. The molecule has 0 spiro atoms. The second-order valence-corrected chi connectivity index (χ2v) is 5.96. The summed E-state index contributed by atoms with van der Waals surface area (Å²) in [5.41, 5.74) is 1.03. The van der Waals surface area contributed by atoms with Crippen LogP contribution in [0.15, 0.2) is 12.4 Å². The number of nitrogens with zero attached hydrogens (tertiary/aromatic N) is 3. The maximum absolute atomic E-state index is 5.40. The largest absolute Gasteiger partial charge is 0.381 e. The standard InChI is InChI=1S/C15H24N4O/c1-19(11-12-4-6-20-7-5-12)15-10-17-14(9-18-15)8-16-13-2-3-13/h9-10,12-13,16H,2-8,11H2,1H3. The van der Waals surface area contributed by atoms with Crippen LogP contribution in [0.5, 0.6) is 0 Å².